The van der Waals surface area contributed by atoms with E-state index in [1.807, 2.05) is 0 Å². The third kappa shape index (κ3) is 1.44. The first-order valence-corrected chi connectivity index (χ1v) is 6.47. The molecule has 3 rings (SSSR count). The molecule has 2 aliphatic heterocycles. The van der Waals surface area contributed by atoms with E-state index in [0.717, 1.165) is 18.5 Å². The summed E-state index contributed by atoms with van der Waals surface area (Å²) in [4.78, 5) is 2.44. The van der Waals surface area contributed by atoms with E-state index in [0.29, 0.717) is 6.17 Å². The summed E-state index contributed by atoms with van der Waals surface area (Å²) in [6, 6.07) is 0.718. The van der Waals surface area contributed by atoms with E-state index in [-0.39, 0.29) is 0 Å². The van der Waals surface area contributed by atoms with Crippen LogP contribution in [-0.4, -0.2) is 23.8 Å². The highest BCUT2D eigenvalue weighted by Crippen LogP contribution is 2.38. The Morgan fingerprint density at radius 1 is 1.47 bits per heavy atom. The molecule has 0 aromatic heterocycles. The molecule has 3 aliphatic rings. The zero-order valence-electron chi connectivity index (χ0n) is 8.46. The van der Waals surface area contributed by atoms with Crippen LogP contribution in [0.25, 0.3) is 0 Å². The van der Waals surface area contributed by atoms with Crippen molar-refractivity contribution in [3.05, 3.63) is 21.2 Å². The van der Waals surface area contributed by atoms with Gasteiger partial charge in [-0.1, -0.05) is 0 Å². The highest BCUT2D eigenvalue weighted by molar-refractivity contribution is 14.1. The Labute approximate surface area is 103 Å². The largest absolute Gasteiger partial charge is 0.385 e. The smallest absolute Gasteiger partial charge is 0.111 e. The van der Waals surface area contributed by atoms with Crippen molar-refractivity contribution in [1.82, 2.24) is 15.5 Å². The van der Waals surface area contributed by atoms with Gasteiger partial charge in [-0.2, -0.15) is 0 Å². The maximum atomic E-state index is 5.99. The van der Waals surface area contributed by atoms with E-state index in [1.165, 1.54) is 28.4 Å². The zero-order chi connectivity index (χ0) is 10.4. The van der Waals surface area contributed by atoms with Gasteiger partial charge in [-0.25, -0.2) is 0 Å². The average Bonchev–Trinajstić information content (AvgIpc) is 2.43. The number of nitrogens with one attached hydrogen (secondary N) is 2. The molecule has 0 saturated heterocycles. The topological polar surface area (TPSA) is 53.3 Å². The lowest BCUT2D eigenvalue weighted by molar-refractivity contribution is 0.138. The summed E-state index contributed by atoms with van der Waals surface area (Å²) in [7, 11) is 0. The predicted octanol–water partition coefficient (Wildman–Crippen LogP) is 0.778. The minimum atomic E-state index is 0.309. The molecule has 1 aliphatic carbocycles. The molecule has 15 heavy (non-hydrogen) atoms. The quantitative estimate of drug-likeness (QED) is 0.626. The molecule has 5 heteroatoms. The second-order valence-electron chi connectivity index (χ2n) is 4.30. The van der Waals surface area contributed by atoms with Crippen LogP contribution in [0.15, 0.2) is 21.2 Å². The minimum Gasteiger partial charge on any atom is -0.385 e. The van der Waals surface area contributed by atoms with Crippen LogP contribution in [0.5, 0.6) is 0 Å². The third-order valence-corrected chi connectivity index (χ3v) is 4.31. The van der Waals surface area contributed by atoms with Gasteiger partial charge in [-0.05, 0) is 41.9 Å². The highest BCUT2D eigenvalue weighted by atomic mass is 127. The van der Waals surface area contributed by atoms with Gasteiger partial charge in [0.05, 0.1) is 6.67 Å². The van der Waals surface area contributed by atoms with Crippen LogP contribution in [0.3, 0.4) is 0 Å². The Bertz CT molecular complexity index is 345. The Morgan fingerprint density at radius 3 is 2.93 bits per heavy atom. The van der Waals surface area contributed by atoms with Crippen molar-refractivity contribution in [1.29, 1.82) is 0 Å². The summed E-state index contributed by atoms with van der Waals surface area (Å²) in [5.41, 5.74) is 7.22. The first kappa shape index (κ1) is 9.77. The predicted molar refractivity (Wildman–Crippen MR) is 67.7 cm³/mol. The number of nitrogens with zero attached hydrogens (tertiary/aromatic N) is 1. The first-order valence-electron chi connectivity index (χ1n) is 5.39. The van der Waals surface area contributed by atoms with Crippen LogP contribution >= 0.6 is 22.6 Å². The lowest BCUT2D eigenvalue weighted by Gasteiger charge is -2.41. The van der Waals surface area contributed by atoms with Gasteiger partial charge in [0.15, 0.2) is 0 Å². The summed E-state index contributed by atoms with van der Waals surface area (Å²) in [5, 5.41) is 6.61. The van der Waals surface area contributed by atoms with Gasteiger partial charge in [0.2, 0.25) is 0 Å². The van der Waals surface area contributed by atoms with Gasteiger partial charge in [0.1, 0.15) is 12.0 Å². The number of nitrogens with two attached hydrogens (primary N) is 1. The van der Waals surface area contributed by atoms with Crippen LogP contribution in [-0.2, 0) is 0 Å². The van der Waals surface area contributed by atoms with Crippen molar-refractivity contribution in [3.8, 4) is 0 Å². The van der Waals surface area contributed by atoms with E-state index >= 15 is 0 Å². The molecular weight excluding hydrogens is 303 g/mol. The summed E-state index contributed by atoms with van der Waals surface area (Å²) in [6.07, 6.45) is 6.56. The summed E-state index contributed by atoms with van der Waals surface area (Å²) < 4.78 is 1.27. The maximum Gasteiger partial charge on any atom is 0.111 e. The van der Waals surface area contributed by atoms with E-state index in [2.05, 4.69) is 44.3 Å². The lowest BCUT2D eigenvalue weighted by Crippen LogP contribution is -2.54. The molecule has 1 saturated carbocycles. The fourth-order valence-corrected chi connectivity index (χ4v) is 3.28. The van der Waals surface area contributed by atoms with Gasteiger partial charge in [0.25, 0.3) is 0 Å². The number of hydrogen-bond acceptors (Lipinski definition) is 4. The fraction of sp³-hybridized carbons (Fsp3) is 0.600. The Hall–Kier alpha value is -0.430. The van der Waals surface area contributed by atoms with Crippen molar-refractivity contribution >= 4 is 22.6 Å². The van der Waals surface area contributed by atoms with Crippen LogP contribution < -0.4 is 16.4 Å². The molecule has 0 radical (unpaired) electrons. The molecule has 1 fully saturated rings. The number of hydrogen-bond donors (Lipinski definition) is 3. The standard InChI is InChI=1S/C10H15IN4/c11-7-4-15(6-2-1-3-6)10-8(7)9(12)13-5-14-10/h4,6,10,13-14H,1-3,5,12H2/t10-/m0/s1. The van der Waals surface area contributed by atoms with Gasteiger partial charge in [-0.15, -0.1) is 0 Å². The van der Waals surface area contributed by atoms with E-state index in [9.17, 15) is 0 Å². The molecule has 82 valence electrons. The second-order valence-corrected chi connectivity index (χ2v) is 5.46. The molecule has 2 heterocycles. The van der Waals surface area contributed by atoms with Crippen molar-refractivity contribution in [3.63, 3.8) is 0 Å². The molecule has 0 unspecified atom stereocenters. The molecule has 4 N–H and O–H groups in total. The molecule has 0 spiro atoms. The molecule has 0 amide bonds. The third-order valence-electron chi connectivity index (χ3n) is 3.45. The molecule has 1 atom stereocenters. The molecule has 0 bridgehead atoms. The van der Waals surface area contributed by atoms with Crippen molar-refractivity contribution in [2.24, 2.45) is 5.73 Å². The van der Waals surface area contributed by atoms with E-state index < -0.39 is 0 Å². The maximum absolute atomic E-state index is 5.99. The monoisotopic (exact) mass is 318 g/mol. The molecule has 4 nitrogen and oxygen atoms in total. The Morgan fingerprint density at radius 2 is 2.27 bits per heavy atom. The van der Waals surface area contributed by atoms with Gasteiger partial charge in [-0.3, -0.25) is 5.32 Å². The Balaban J connectivity index is 1.91. The summed E-state index contributed by atoms with van der Waals surface area (Å²) >= 11 is 2.37. The minimum absolute atomic E-state index is 0.309. The highest BCUT2D eigenvalue weighted by Gasteiger charge is 2.38. The van der Waals surface area contributed by atoms with Crippen LogP contribution in [0.2, 0.25) is 0 Å². The summed E-state index contributed by atoms with van der Waals surface area (Å²) in [6.45, 7) is 0.765. The average molecular weight is 318 g/mol. The fourth-order valence-electron chi connectivity index (χ4n) is 2.38. The van der Waals surface area contributed by atoms with Crippen LogP contribution in [0.4, 0.5) is 0 Å². The van der Waals surface area contributed by atoms with Crippen molar-refractivity contribution < 1.29 is 0 Å². The van der Waals surface area contributed by atoms with Crippen LogP contribution in [0, 0.1) is 0 Å². The van der Waals surface area contributed by atoms with E-state index in [1.54, 1.807) is 0 Å². The molecule has 0 aromatic rings. The molecular formula is C10H15IN4. The number of halogens is 1. The number of rotatable bonds is 1. The Kier molecular flexibility index (Phi) is 2.31. The molecule has 0 aromatic carbocycles. The van der Waals surface area contributed by atoms with Gasteiger partial charge >= 0.3 is 0 Å². The zero-order valence-corrected chi connectivity index (χ0v) is 10.6. The van der Waals surface area contributed by atoms with Gasteiger partial charge in [0, 0.05) is 21.4 Å². The summed E-state index contributed by atoms with van der Waals surface area (Å²) in [5.74, 6) is 0.834. The second kappa shape index (κ2) is 3.55. The number of fused-ring (bicyclic) bond motifs is 1. The first-order chi connectivity index (χ1) is 7.27. The lowest BCUT2D eigenvalue weighted by atomic mass is 9.91. The normalized spacial score (nSPS) is 30.9. The van der Waals surface area contributed by atoms with Crippen LogP contribution in [0.1, 0.15) is 19.3 Å². The van der Waals surface area contributed by atoms with Gasteiger partial charge < -0.3 is 16.0 Å². The van der Waals surface area contributed by atoms with E-state index in [4.69, 9.17) is 5.73 Å². The van der Waals surface area contributed by atoms with Crippen molar-refractivity contribution in [2.75, 3.05) is 6.67 Å². The SMILES string of the molecule is NC1=C2C(I)=CN(C3CCC3)[C@@H]2NCN1. The van der Waals surface area contributed by atoms with Crippen molar-refractivity contribution in [2.45, 2.75) is 31.5 Å².